The SMILES string of the molecule is CC1(CO[Si](C)(C)C(C)(C)C)CN([B]C=O)c2c(C#N)cc(-c3ccnc(Nc4ccc5c(c4)C(F)(F)CCO5)n3)cc21. The number of ether oxygens (including phenoxy) is 1. The average Bonchev–Trinajstić information content (AvgIpc) is 3.23. The van der Waals surface area contributed by atoms with Gasteiger partial charge >= 0.3 is 7.41 Å². The van der Waals surface area contributed by atoms with Gasteiger partial charge in [0.05, 0.1) is 29.8 Å². The van der Waals surface area contributed by atoms with Crippen LogP contribution in [0.5, 0.6) is 5.75 Å². The number of benzene rings is 2. The maximum absolute atomic E-state index is 14.5. The first-order valence-electron chi connectivity index (χ1n) is 14.2. The van der Waals surface area contributed by atoms with Crippen LogP contribution in [0.15, 0.2) is 42.6 Å². The number of carbonyl (C=O) groups is 1. The molecule has 3 aromatic rings. The van der Waals surface area contributed by atoms with Gasteiger partial charge in [0.15, 0.2) is 8.32 Å². The highest BCUT2D eigenvalue weighted by molar-refractivity contribution is 6.74. The molecule has 1 aromatic heterocycles. The Balaban J connectivity index is 1.50. The fraction of sp³-hybridized carbons (Fsp3) is 0.419. The van der Waals surface area contributed by atoms with E-state index in [1.165, 1.54) is 19.5 Å². The van der Waals surface area contributed by atoms with Crippen LogP contribution in [-0.4, -0.2) is 51.6 Å². The first kappa shape index (κ1) is 30.6. The number of hydrogen-bond donors (Lipinski definition) is 1. The number of anilines is 3. The Labute approximate surface area is 252 Å². The number of nitrogens with one attached hydrogen (secondary N) is 1. The predicted molar refractivity (Wildman–Crippen MR) is 166 cm³/mol. The standard InChI is InChI=1S/C31H35BF2N5O3Si/c1-29(2,3)43(5,6)42-18-30(4)17-39(32-19-40)27-21(16-35)13-20(14-24(27)30)25-9-11-36-28(38-25)37-22-7-8-26-23(15-22)31(33,34)10-12-41-26/h7-9,11,13-15,19H,10,12,17-18H2,1-6H3,(H,36,37,38). The highest BCUT2D eigenvalue weighted by Crippen LogP contribution is 2.47. The van der Waals surface area contributed by atoms with Gasteiger partial charge in [-0.05, 0) is 60.1 Å². The van der Waals surface area contributed by atoms with Gasteiger partial charge in [-0.2, -0.15) is 5.26 Å². The minimum atomic E-state index is -2.98. The number of hydrogen-bond acceptors (Lipinski definition) is 8. The third kappa shape index (κ3) is 5.88. The minimum absolute atomic E-state index is 0.0183. The molecular weight excluding hydrogens is 567 g/mol. The highest BCUT2D eigenvalue weighted by Gasteiger charge is 2.45. The van der Waals surface area contributed by atoms with Crippen molar-refractivity contribution >= 4 is 39.2 Å². The third-order valence-corrected chi connectivity index (χ3v) is 13.2. The lowest BCUT2D eigenvalue weighted by atomic mass is 9.83. The molecule has 8 nitrogen and oxygen atoms in total. The van der Waals surface area contributed by atoms with Gasteiger partial charge in [0.25, 0.3) is 5.92 Å². The fourth-order valence-corrected chi connectivity index (χ4v) is 6.32. The Morgan fingerprint density at radius 2 is 2.00 bits per heavy atom. The van der Waals surface area contributed by atoms with Crippen molar-refractivity contribution < 1.29 is 22.7 Å². The van der Waals surface area contributed by atoms with Gasteiger partial charge < -0.3 is 24.1 Å². The van der Waals surface area contributed by atoms with Crippen LogP contribution in [0, 0.1) is 11.3 Å². The molecule has 0 saturated carbocycles. The molecule has 0 fully saturated rings. The minimum Gasteiger partial charge on any atom is -0.493 e. The number of aromatic nitrogens is 2. The number of rotatable bonds is 8. The molecule has 0 saturated heterocycles. The summed E-state index contributed by atoms with van der Waals surface area (Å²) in [4.78, 5) is 22.3. The molecule has 1 atom stereocenters. The van der Waals surface area contributed by atoms with Crippen LogP contribution in [0.1, 0.15) is 50.8 Å². The maximum Gasteiger partial charge on any atom is 0.329 e. The number of carbonyl (C=O) groups excluding carboxylic acids is 1. The van der Waals surface area contributed by atoms with Crippen LogP contribution in [0.2, 0.25) is 18.1 Å². The summed E-state index contributed by atoms with van der Waals surface area (Å²) in [5.74, 6) is -2.60. The van der Waals surface area contributed by atoms with Gasteiger partial charge in [0, 0.05) is 41.7 Å². The third-order valence-electron chi connectivity index (χ3n) is 8.74. The monoisotopic (exact) mass is 602 g/mol. The number of nitrogens with zero attached hydrogens (tertiary/aromatic N) is 4. The van der Waals surface area contributed by atoms with E-state index in [1.54, 1.807) is 24.4 Å². The molecule has 0 spiro atoms. The summed E-state index contributed by atoms with van der Waals surface area (Å²) in [7, 11) is -0.636. The predicted octanol–water partition coefficient (Wildman–Crippen LogP) is 6.54. The van der Waals surface area contributed by atoms with Gasteiger partial charge in [-0.15, -0.1) is 0 Å². The molecule has 43 heavy (non-hydrogen) atoms. The molecule has 223 valence electrons. The highest BCUT2D eigenvalue weighted by atomic mass is 28.4. The van der Waals surface area contributed by atoms with Crippen LogP contribution in [0.3, 0.4) is 0 Å². The van der Waals surface area contributed by atoms with Gasteiger partial charge in [-0.3, -0.25) is 0 Å². The van der Waals surface area contributed by atoms with E-state index in [1.807, 2.05) is 10.9 Å². The van der Waals surface area contributed by atoms with E-state index >= 15 is 0 Å². The van der Waals surface area contributed by atoms with E-state index in [0.717, 1.165) is 11.7 Å². The van der Waals surface area contributed by atoms with E-state index in [2.05, 4.69) is 62.1 Å². The summed E-state index contributed by atoms with van der Waals surface area (Å²) < 4.78 is 41.1. The molecule has 12 heteroatoms. The van der Waals surface area contributed by atoms with E-state index in [4.69, 9.17) is 9.16 Å². The first-order valence-corrected chi connectivity index (χ1v) is 17.1. The lowest BCUT2D eigenvalue weighted by molar-refractivity contribution is -0.0404. The molecule has 5 rings (SSSR count). The molecule has 2 aliphatic heterocycles. The number of fused-ring (bicyclic) bond motifs is 2. The Hall–Kier alpha value is -3.82. The largest absolute Gasteiger partial charge is 0.493 e. The Morgan fingerprint density at radius 3 is 2.70 bits per heavy atom. The second-order valence-electron chi connectivity index (χ2n) is 13.0. The summed E-state index contributed by atoms with van der Waals surface area (Å²) in [6, 6.07) is 12.3. The summed E-state index contributed by atoms with van der Waals surface area (Å²) in [5, 5.41) is 13.2. The Kier molecular flexibility index (Phi) is 7.86. The van der Waals surface area contributed by atoms with Crippen molar-refractivity contribution in [1.82, 2.24) is 9.97 Å². The van der Waals surface area contributed by atoms with Crippen LogP contribution < -0.4 is 14.9 Å². The van der Waals surface area contributed by atoms with E-state index in [9.17, 15) is 18.8 Å². The van der Waals surface area contributed by atoms with Gasteiger partial charge in [-0.1, -0.05) is 27.7 Å². The van der Waals surface area contributed by atoms with Crippen LogP contribution in [-0.2, 0) is 20.6 Å². The lowest BCUT2D eigenvalue weighted by Gasteiger charge is -2.39. The zero-order chi connectivity index (χ0) is 31.2. The van der Waals surface area contributed by atoms with E-state index in [-0.39, 0.29) is 35.3 Å². The molecule has 2 aromatic carbocycles. The van der Waals surface area contributed by atoms with Crippen molar-refractivity contribution in [2.75, 3.05) is 29.9 Å². The Bertz CT molecular complexity index is 1610. The maximum atomic E-state index is 14.5. The van der Waals surface area contributed by atoms with Gasteiger partial charge in [0.2, 0.25) is 5.95 Å². The molecule has 2 aliphatic rings. The molecular formula is C31H35BF2N5O3Si. The van der Waals surface area contributed by atoms with Crippen molar-refractivity contribution in [2.45, 2.75) is 63.6 Å². The second-order valence-corrected chi connectivity index (χ2v) is 17.8. The molecule has 0 bridgehead atoms. The van der Waals surface area contributed by atoms with E-state index < -0.39 is 19.7 Å². The molecule has 1 radical (unpaired) electrons. The second kappa shape index (κ2) is 11.0. The fourth-order valence-electron chi connectivity index (χ4n) is 5.21. The zero-order valence-electron chi connectivity index (χ0n) is 25.3. The first-order chi connectivity index (χ1) is 20.2. The molecule has 1 unspecified atom stereocenters. The molecule has 1 N–H and O–H groups in total. The summed E-state index contributed by atoms with van der Waals surface area (Å²) in [6.07, 6.45) is 1.92. The lowest BCUT2D eigenvalue weighted by Crippen LogP contribution is -2.46. The van der Waals surface area contributed by atoms with Crippen molar-refractivity contribution in [3.63, 3.8) is 0 Å². The van der Waals surface area contributed by atoms with Crippen molar-refractivity contribution in [1.29, 1.82) is 5.26 Å². The Morgan fingerprint density at radius 1 is 1.23 bits per heavy atom. The van der Waals surface area contributed by atoms with Crippen molar-refractivity contribution in [3.05, 3.63) is 59.3 Å². The number of alkyl halides is 2. The molecule has 0 amide bonds. The zero-order valence-corrected chi connectivity index (χ0v) is 26.3. The normalized spacial score (nSPS) is 19.1. The summed E-state index contributed by atoms with van der Waals surface area (Å²) in [5.41, 5.74) is 2.96. The summed E-state index contributed by atoms with van der Waals surface area (Å²) >= 11 is 0. The van der Waals surface area contributed by atoms with Crippen LogP contribution in [0.25, 0.3) is 11.3 Å². The van der Waals surface area contributed by atoms with Gasteiger partial charge in [-0.25, -0.2) is 18.7 Å². The van der Waals surface area contributed by atoms with Gasteiger partial charge in [0.1, 0.15) is 18.0 Å². The molecule has 3 heterocycles. The van der Waals surface area contributed by atoms with Crippen LogP contribution >= 0.6 is 0 Å². The molecule has 0 aliphatic carbocycles. The number of nitriles is 1. The van der Waals surface area contributed by atoms with Crippen molar-refractivity contribution in [3.8, 4) is 23.1 Å². The van der Waals surface area contributed by atoms with E-state index in [0.29, 0.717) is 41.3 Å². The smallest absolute Gasteiger partial charge is 0.329 e. The topological polar surface area (TPSA) is 100 Å². The number of halogens is 2. The van der Waals surface area contributed by atoms with Crippen molar-refractivity contribution in [2.24, 2.45) is 0 Å². The quantitative estimate of drug-likeness (QED) is 0.229. The average molecular weight is 603 g/mol. The van der Waals surface area contributed by atoms with Crippen LogP contribution in [0.4, 0.5) is 26.1 Å². The summed E-state index contributed by atoms with van der Waals surface area (Å²) in [6.45, 7) is 13.9.